The van der Waals surface area contributed by atoms with Gasteiger partial charge in [-0.25, -0.2) is 0 Å². The normalized spacial score (nSPS) is 43.5. The van der Waals surface area contributed by atoms with Crippen molar-refractivity contribution in [2.75, 3.05) is 19.8 Å². The molecular formula is C24H41N3O16. The monoisotopic (exact) mass is 627 g/mol. The lowest BCUT2D eigenvalue weighted by molar-refractivity contribution is -0.331. The van der Waals surface area contributed by atoms with Gasteiger partial charge in [-0.05, 0) is 0 Å². The van der Waals surface area contributed by atoms with Gasteiger partial charge in [-0.1, -0.05) is 0 Å². The van der Waals surface area contributed by atoms with E-state index in [9.17, 15) is 55.2 Å². The van der Waals surface area contributed by atoms with E-state index in [0.29, 0.717) is 0 Å². The predicted molar refractivity (Wildman–Crippen MR) is 136 cm³/mol. The zero-order chi connectivity index (χ0) is 32.2. The molecule has 43 heavy (non-hydrogen) atoms. The summed E-state index contributed by atoms with van der Waals surface area (Å²) in [5, 5.41) is 89.8. The van der Waals surface area contributed by atoms with Crippen LogP contribution in [0.15, 0.2) is 0 Å². The number of carbonyl (C=O) groups is 3. The summed E-state index contributed by atoms with van der Waals surface area (Å²) in [6.45, 7) is 1.29. The summed E-state index contributed by atoms with van der Waals surface area (Å²) in [7, 11) is 0. The summed E-state index contributed by atoms with van der Waals surface area (Å²) >= 11 is 0. The summed E-state index contributed by atoms with van der Waals surface area (Å²) < 4.78 is 28.0. The molecule has 3 aliphatic heterocycles. The molecule has 0 radical (unpaired) electrons. The highest BCUT2D eigenvalue weighted by Gasteiger charge is 2.52. The van der Waals surface area contributed by atoms with Crippen molar-refractivity contribution in [3.05, 3.63) is 0 Å². The molecule has 3 rings (SSSR count). The third-order valence-corrected chi connectivity index (χ3v) is 7.28. The van der Waals surface area contributed by atoms with E-state index in [-0.39, 0.29) is 0 Å². The van der Waals surface area contributed by atoms with Crippen molar-refractivity contribution in [2.45, 2.75) is 113 Å². The Hall–Kier alpha value is -2.11. The van der Waals surface area contributed by atoms with E-state index >= 15 is 0 Å². The Kier molecular flexibility index (Phi) is 12.5. The van der Waals surface area contributed by atoms with Gasteiger partial charge >= 0.3 is 0 Å². The molecule has 3 heterocycles. The second kappa shape index (κ2) is 15.3. The average Bonchev–Trinajstić information content (AvgIpc) is 2.93. The smallest absolute Gasteiger partial charge is 0.217 e. The molecule has 0 aromatic rings. The SMILES string of the molecule is CC(=O)N[C@@H]1[C@@H](O[C@@H]2O[C@H](CO)[C@@H](O)[C@H](O)[C@H]2NC(C)=O)[C@H](O)[C@@H](CO[C@@H]2O[C@H](CO)[C@@H](O)[C@H](O)[C@H]2NC(C)=O)O[C@@H]1O. The number of ether oxygens (including phenoxy) is 5. The van der Waals surface area contributed by atoms with Crippen molar-refractivity contribution >= 4 is 17.7 Å². The lowest BCUT2D eigenvalue weighted by atomic mass is 9.94. The first-order chi connectivity index (χ1) is 20.2. The molecule has 3 aliphatic rings. The molecular weight excluding hydrogens is 586 g/mol. The van der Waals surface area contributed by atoms with E-state index in [1.165, 1.54) is 0 Å². The van der Waals surface area contributed by atoms with Crippen LogP contribution in [0.1, 0.15) is 20.8 Å². The van der Waals surface area contributed by atoms with Gasteiger partial charge < -0.3 is 80.5 Å². The molecule has 11 N–H and O–H groups in total. The average molecular weight is 628 g/mol. The van der Waals surface area contributed by atoms with Crippen molar-refractivity contribution in [3.63, 3.8) is 0 Å². The number of rotatable bonds is 10. The highest BCUT2D eigenvalue weighted by molar-refractivity contribution is 5.74. The summed E-state index contributed by atoms with van der Waals surface area (Å²) in [5.74, 6) is -1.92. The van der Waals surface area contributed by atoms with Crippen molar-refractivity contribution < 1.29 is 78.9 Å². The van der Waals surface area contributed by atoms with Gasteiger partial charge in [0, 0.05) is 20.8 Å². The largest absolute Gasteiger partial charge is 0.394 e. The van der Waals surface area contributed by atoms with Gasteiger partial charge in [0.1, 0.15) is 73.1 Å². The maximum absolute atomic E-state index is 11.9. The molecule has 0 spiro atoms. The van der Waals surface area contributed by atoms with Crippen LogP contribution in [0.5, 0.6) is 0 Å². The Labute approximate surface area is 245 Å². The molecule has 3 amide bonds. The lowest BCUT2D eigenvalue weighted by Gasteiger charge is -2.48. The first-order valence-corrected chi connectivity index (χ1v) is 13.5. The van der Waals surface area contributed by atoms with Crippen molar-refractivity contribution in [1.29, 1.82) is 0 Å². The fourth-order valence-corrected chi connectivity index (χ4v) is 5.17. The first kappa shape index (κ1) is 35.4. The van der Waals surface area contributed by atoms with Gasteiger partial charge in [0.25, 0.3) is 0 Å². The number of carbonyl (C=O) groups excluding carboxylic acids is 3. The highest BCUT2D eigenvalue weighted by Crippen LogP contribution is 2.30. The fraction of sp³-hybridized carbons (Fsp3) is 0.875. The van der Waals surface area contributed by atoms with E-state index in [1.807, 2.05) is 0 Å². The van der Waals surface area contributed by atoms with E-state index < -0.39 is 129 Å². The molecule has 0 saturated carbocycles. The van der Waals surface area contributed by atoms with Gasteiger partial charge in [0.2, 0.25) is 17.7 Å². The number of hydrogen-bond acceptors (Lipinski definition) is 16. The molecule has 15 atom stereocenters. The minimum Gasteiger partial charge on any atom is -0.394 e. The number of amides is 3. The molecule has 0 aromatic carbocycles. The third-order valence-electron chi connectivity index (χ3n) is 7.28. The van der Waals surface area contributed by atoms with Gasteiger partial charge in [0.15, 0.2) is 18.9 Å². The van der Waals surface area contributed by atoms with Crippen LogP contribution >= 0.6 is 0 Å². The molecule has 0 aliphatic carbocycles. The summed E-state index contributed by atoms with van der Waals surface area (Å²) in [4.78, 5) is 35.4. The molecule has 19 heteroatoms. The van der Waals surface area contributed by atoms with Crippen molar-refractivity contribution in [3.8, 4) is 0 Å². The Morgan fingerprint density at radius 3 is 1.51 bits per heavy atom. The Morgan fingerprint density at radius 2 is 1.05 bits per heavy atom. The second-order valence-corrected chi connectivity index (χ2v) is 10.6. The van der Waals surface area contributed by atoms with Gasteiger partial charge in [-0.15, -0.1) is 0 Å². The van der Waals surface area contributed by atoms with Crippen LogP contribution in [0.25, 0.3) is 0 Å². The number of aliphatic hydroxyl groups is 8. The van der Waals surface area contributed by atoms with Crippen LogP contribution in [0.2, 0.25) is 0 Å². The van der Waals surface area contributed by atoms with Crippen molar-refractivity contribution in [1.82, 2.24) is 16.0 Å². The standard InChI is InChI=1S/C24H41N3O16/c1-7(30)25-13-19(36)16(33)10(4-28)41-23(13)39-6-12-18(35)21(15(22(38)40-12)27-9(3)32)43-24-14(26-8(2)31)20(37)17(34)11(5-29)42-24/h10-24,28-29,33-38H,4-6H2,1-3H3,(H,25,30)(H,26,31)(H,27,32)/t10-,11-,12-,13-,14-,15-,16-,17-,18-,19-,20-,21-,22+,23-,24+/m1/s1. The van der Waals surface area contributed by atoms with Crippen molar-refractivity contribution in [2.24, 2.45) is 0 Å². The molecule has 0 bridgehead atoms. The summed E-state index contributed by atoms with van der Waals surface area (Å²) in [5.41, 5.74) is 0. The number of nitrogens with one attached hydrogen (secondary N) is 3. The second-order valence-electron chi connectivity index (χ2n) is 10.6. The fourth-order valence-electron chi connectivity index (χ4n) is 5.17. The molecule has 248 valence electrons. The zero-order valence-corrected chi connectivity index (χ0v) is 23.6. The Morgan fingerprint density at radius 1 is 0.605 bits per heavy atom. The highest BCUT2D eigenvalue weighted by atomic mass is 16.7. The summed E-state index contributed by atoms with van der Waals surface area (Å²) in [6.07, 6.45) is -18.9. The first-order valence-electron chi connectivity index (χ1n) is 13.5. The Balaban J connectivity index is 1.84. The molecule has 3 saturated heterocycles. The van der Waals surface area contributed by atoms with Crippen LogP contribution in [-0.2, 0) is 38.1 Å². The topological polar surface area (TPSA) is 295 Å². The lowest BCUT2D eigenvalue weighted by Crippen LogP contribution is -2.69. The molecule has 3 fully saturated rings. The van der Waals surface area contributed by atoms with Crippen LogP contribution in [0, 0.1) is 0 Å². The quantitative estimate of drug-likeness (QED) is 0.107. The number of hydrogen-bond donors (Lipinski definition) is 11. The molecule has 19 nitrogen and oxygen atoms in total. The van der Waals surface area contributed by atoms with Crippen LogP contribution in [-0.4, -0.2) is 170 Å². The molecule has 0 unspecified atom stereocenters. The van der Waals surface area contributed by atoms with E-state index in [2.05, 4.69) is 16.0 Å². The number of aliphatic hydroxyl groups excluding tert-OH is 8. The van der Waals surface area contributed by atoms with Crippen LogP contribution in [0.4, 0.5) is 0 Å². The minimum atomic E-state index is -1.84. The van der Waals surface area contributed by atoms with E-state index in [0.717, 1.165) is 20.8 Å². The van der Waals surface area contributed by atoms with E-state index in [1.54, 1.807) is 0 Å². The molecule has 0 aromatic heterocycles. The maximum atomic E-state index is 11.9. The van der Waals surface area contributed by atoms with Gasteiger partial charge in [-0.3, -0.25) is 14.4 Å². The van der Waals surface area contributed by atoms with Gasteiger partial charge in [0.05, 0.1) is 19.8 Å². The third kappa shape index (κ3) is 8.34. The van der Waals surface area contributed by atoms with E-state index in [4.69, 9.17) is 23.7 Å². The maximum Gasteiger partial charge on any atom is 0.217 e. The van der Waals surface area contributed by atoms with Gasteiger partial charge in [-0.2, -0.15) is 0 Å². The van der Waals surface area contributed by atoms with Crippen LogP contribution < -0.4 is 16.0 Å². The zero-order valence-electron chi connectivity index (χ0n) is 23.6. The van der Waals surface area contributed by atoms with Crippen LogP contribution in [0.3, 0.4) is 0 Å². The Bertz CT molecular complexity index is 962. The summed E-state index contributed by atoms with van der Waals surface area (Å²) in [6, 6.07) is -4.19. The minimum absolute atomic E-state index is 0.603. The predicted octanol–water partition coefficient (Wildman–Crippen LogP) is -7.14.